The van der Waals surface area contributed by atoms with Gasteiger partial charge in [0, 0.05) is 12.2 Å². The summed E-state index contributed by atoms with van der Waals surface area (Å²) in [6, 6.07) is 0. The number of likely N-dealkylation sites (tertiary alicyclic amines) is 1. The van der Waals surface area contributed by atoms with Crippen LogP contribution in [0.15, 0.2) is 0 Å². The molecule has 70 valence electrons. The summed E-state index contributed by atoms with van der Waals surface area (Å²) in [5.41, 5.74) is 0.343. The van der Waals surface area contributed by atoms with Crippen LogP contribution in [0.5, 0.6) is 0 Å². The largest absolute Gasteiger partial charge is 0.465 e. The maximum atomic E-state index is 10.8. The minimum atomic E-state index is -1.30. The molecule has 0 aliphatic carbocycles. The van der Waals surface area contributed by atoms with Crippen LogP contribution in [0.2, 0.25) is 19.6 Å². The predicted octanol–water partition coefficient (Wildman–Crippen LogP) is 2.01. The van der Waals surface area contributed by atoms with E-state index >= 15 is 0 Å². The monoisotopic (exact) mass is 187 g/mol. The summed E-state index contributed by atoms with van der Waals surface area (Å²) in [7, 11) is -1.30. The Morgan fingerprint density at radius 1 is 1.50 bits per heavy atom. The van der Waals surface area contributed by atoms with E-state index in [1.165, 1.54) is 0 Å². The molecule has 1 unspecified atom stereocenters. The molecule has 3 nitrogen and oxygen atoms in total. The van der Waals surface area contributed by atoms with Crippen LogP contribution in [0.25, 0.3) is 0 Å². The van der Waals surface area contributed by atoms with Gasteiger partial charge in [0.25, 0.3) is 0 Å². The molecule has 0 aromatic carbocycles. The highest BCUT2D eigenvalue weighted by atomic mass is 28.3. The zero-order valence-electron chi connectivity index (χ0n) is 8.00. The number of hydrogen-bond acceptors (Lipinski definition) is 1. The molecular weight excluding hydrogens is 170 g/mol. The fourth-order valence-corrected chi connectivity index (χ4v) is 4.14. The number of carboxylic acid groups (broad SMARTS) is 1. The van der Waals surface area contributed by atoms with Crippen molar-refractivity contribution in [2.24, 2.45) is 0 Å². The molecule has 1 aliphatic heterocycles. The Balaban J connectivity index is 2.71. The minimum Gasteiger partial charge on any atom is -0.465 e. The molecule has 1 fully saturated rings. The maximum absolute atomic E-state index is 10.8. The molecule has 4 heteroatoms. The van der Waals surface area contributed by atoms with Crippen LogP contribution in [0.1, 0.15) is 12.8 Å². The van der Waals surface area contributed by atoms with Crippen molar-refractivity contribution in [2.45, 2.75) is 38.1 Å². The predicted molar refractivity (Wildman–Crippen MR) is 51.1 cm³/mol. The molecule has 1 rings (SSSR count). The first-order valence-corrected chi connectivity index (χ1v) is 8.00. The quantitative estimate of drug-likeness (QED) is 0.638. The fraction of sp³-hybridized carbons (Fsp3) is 0.875. The second-order valence-electron chi connectivity index (χ2n) is 4.50. The summed E-state index contributed by atoms with van der Waals surface area (Å²) < 4.78 is 0. The lowest BCUT2D eigenvalue weighted by molar-refractivity contribution is 0.150. The summed E-state index contributed by atoms with van der Waals surface area (Å²) in [4.78, 5) is 12.4. The second-order valence-corrected chi connectivity index (χ2v) is 9.90. The van der Waals surface area contributed by atoms with Gasteiger partial charge in [-0.25, -0.2) is 4.79 Å². The SMILES string of the molecule is C[Si](C)(C)C1CCCN1C(=O)O. The van der Waals surface area contributed by atoms with E-state index in [-0.39, 0.29) is 0 Å². The Hall–Kier alpha value is -0.513. The van der Waals surface area contributed by atoms with Crippen LogP contribution in [0.4, 0.5) is 4.79 Å². The number of carbonyl (C=O) groups is 1. The molecule has 0 aromatic rings. The van der Waals surface area contributed by atoms with Crippen LogP contribution < -0.4 is 0 Å². The van der Waals surface area contributed by atoms with Crippen molar-refractivity contribution in [3.63, 3.8) is 0 Å². The minimum absolute atomic E-state index is 0.343. The van der Waals surface area contributed by atoms with Crippen LogP contribution in [-0.4, -0.2) is 36.4 Å². The first-order valence-electron chi connectivity index (χ1n) is 4.42. The number of nitrogens with zero attached hydrogens (tertiary/aromatic N) is 1. The van der Waals surface area contributed by atoms with Crippen molar-refractivity contribution >= 4 is 14.2 Å². The average molecular weight is 187 g/mol. The second kappa shape index (κ2) is 3.09. The highest BCUT2D eigenvalue weighted by Gasteiger charge is 2.37. The van der Waals surface area contributed by atoms with Gasteiger partial charge in [0.2, 0.25) is 0 Å². The Morgan fingerprint density at radius 2 is 2.08 bits per heavy atom. The van der Waals surface area contributed by atoms with Crippen molar-refractivity contribution in [3.05, 3.63) is 0 Å². The molecule has 0 bridgehead atoms. The third-order valence-corrected chi connectivity index (χ3v) is 5.10. The summed E-state index contributed by atoms with van der Waals surface area (Å²) >= 11 is 0. The van der Waals surface area contributed by atoms with Crippen molar-refractivity contribution < 1.29 is 9.90 Å². The Bertz CT molecular complexity index is 188. The van der Waals surface area contributed by atoms with E-state index in [0.29, 0.717) is 5.67 Å². The van der Waals surface area contributed by atoms with E-state index in [9.17, 15) is 4.79 Å². The van der Waals surface area contributed by atoms with E-state index in [0.717, 1.165) is 19.4 Å². The Kier molecular flexibility index (Phi) is 2.46. The van der Waals surface area contributed by atoms with E-state index in [2.05, 4.69) is 19.6 Å². The first-order chi connectivity index (χ1) is 5.43. The zero-order chi connectivity index (χ0) is 9.35. The zero-order valence-corrected chi connectivity index (χ0v) is 9.00. The number of amides is 1. The molecule has 1 atom stereocenters. The lowest BCUT2D eigenvalue weighted by atomic mass is 10.4. The van der Waals surface area contributed by atoms with Gasteiger partial charge in [-0.2, -0.15) is 0 Å². The molecule has 1 saturated heterocycles. The van der Waals surface area contributed by atoms with Gasteiger partial charge in [-0.15, -0.1) is 0 Å². The normalized spacial score (nSPS) is 24.6. The third-order valence-electron chi connectivity index (χ3n) is 2.50. The Morgan fingerprint density at radius 3 is 2.42 bits per heavy atom. The van der Waals surface area contributed by atoms with E-state index in [1.807, 2.05) is 0 Å². The third kappa shape index (κ3) is 1.80. The lowest BCUT2D eigenvalue weighted by Gasteiger charge is -2.31. The van der Waals surface area contributed by atoms with E-state index < -0.39 is 14.2 Å². The molecule has 1 aliphatic rings. The van der Waals surface area contributed by atoms with Gasteiger partial charge in [0.15, 0.2) is 0 Å². The standard InChI is InChI=1S/C8H17NO2Si/c1-12(2,3)7-5-4-6-9(7)8(10)11/h7H,4-6H2,1-3H3,(H,10,11). The fourth-order valence-electron chi connectivity index (χ4n) is 1.90. The van der Waals surface area contributed by atoms with Gasteiger partial charge in [0.1, 0.15) is 0 Å². The molecule has 12 heavy (non-hydrogen) atoms. The lowest BCUT2D eigenvalue weighted by Crippen LogP contribution is -2.49. The number of rotatable bonds is 1. The van der Waals surface area contributed by atoms with Gasteiger partial charge in [-0.3, -0.25) is 0 Å². The van der Waals surface area contributed by atoms with Crippen LogP contribution >= 0.6 is 0 Å². The molecule has 1 amide bonds. The summed E-state index contributed by atoms with van der Waals surface area (Å²) in [6.45, 7) is 7.45. The van der Waals surface area contributed by atoms with Gasteiger partial charge < -0.3 is 10.0 Å². The van der Waals surface area contributed by atoms with E-state index in [1.54, 1.807) is 4.90 Å². The van der Waals surface area contributed by atoms with Crippen molar-refractivity contribution in [2.75, 3.05) is 6.54 Å². The maximum Gasteiger partial charge on any atom is 0.407 e. The Labute approximate surface area is 74.4 Å². The average Bonchev–Trinajstić information content (AvgIpc) is 2.30. The highest BCUT2D eigenvalue weighted by molar-refractivity contribution is 6.77. The molecule has 1 heterocycles. The van der Waals surface area contributed by atoms with Gasteiger partial charge in [-0.1, -0.05) is 19.6 Å². The molecule has 0 saturated carbocycles. The first kappa shape index (κ1) is 9.57. The van der Waals surface area contributed by atoms with Gasteiger partial charge >= 0.3 is 6.09 Å². The number of hydrogen-bond donors (Lipinski definition) is 1. The van der Waals surface area contributed by atoms with Gasteiger partial charge in [-0.05, 0) is 12.8 Å². The van der Waals surface area contributed by atoms with Gasteiger partial charge in [0.05, 0.1) is 8.07 Å². The topological polar surface area (TPSA) is 40.5 Å². The smallest absolute Gasteiger partial charge is 0.407 e. The molecule has 1 N–H and O–H groups in total. The van der Waals surface area contributed by atoms with Crippen molar-refractivity contribution in [1.29, 1.82) is 0 Å². The van der Waals surface area contributed by atoms with Crippen molar-refractivity contribution in [1.82, 2.24) is 4.90 Å². The summed E-state index contributed by atoms with van der Waals surface area (Å²) in [6.07, 6.45) is 1.38. The molecule has 0 aromatic heterocycles. The summed E-state index contributed by atoms with van der Waals surface area (Å²) in [5, 5.41) is 8.90. The summed E-state index contributed by atoms with van der Waals surface area (Å²) in [5.74, 6) is 0. The highest BCUT2D eigenvalue weighted by Crippen LogP contribution is 2.25. The molecular formula is C8H17NO2Si. The van der Waals surface area contributed by atoms with Crippen LogP contribution in [0.3, 0.4) is 0 Å². The van der Waals surface area contributed by atoms with Crippen molar-refractivity contribution in [3.8, 4) is 0 Å². The van der Waals surface area contributed by atoms with E-state index in [4.69, 9.17) is 5.11 Å². The molecule has 0 radical (unpaired) electrons. The molecule has 0 spiro atoms. The van der Waals surface area contributed by atoms with Crippen LogP contribution in [-0.2, 0) is 0 Å². The van der Waals surface area contributed by atoms with Crippen LogP contribution in [0, 0.1) is 0 Å².